The van der Waals surface area contributed by atoms with Gasteiger partial charge in [0.2, 0.25) is 0 Å². The van der Waals surface area contributed by atoms with Crippen molar-refractivity contribution in [2.75, 3.05) is 4.90 Å². The van der Waals surface area contributed by atoms with Gasteiger partial charge in [-0.2, -0.15) is 0 Å². The molecule has 10 aromatic carbocycles. The molecule has 0 fully saturated rings. The summed E-state index contributed by atoms with van der Waals surface area (Å²) in [6, 6.07) is 83.0. The molecule has 1 atom stereocenters. The van der Waals surface area contributed by atoms with Crippen LogP contribution in [0.25, 0.3) is 75.8 Å². The molecule has 1 aromatic heterocycles. The third-order valence-corrected chi connectivity index (χ3v) is 15.0. The van der Waals surface area contributed by atoms with E-state index in [1.54, 1.807) is 0 Å². The van der Waals surface area contributed by atoms with Crippen LogP contribution in [0, 0.1) is 0 Å². The van der Waals surface area contributed by atoms with E-state index in [1.807, 2.05) is 17.4 Å². The highest BCUT2D eigenvalue weighted by atomic mass is 32.1. The van der Waals surface area contributed by atoms with Crippen molar-refractivity contribution in [2.45, 2.75) is 5.41 Å². The number of thiophene rings is 1. The largest absolute Gasteiger partial charge is 0.456 e. The zero-order chi connectivity index (χ0) is 41.9. The Bertz CT molecular complexity index is 3730. The Hall–Kier alpha value is -7.98. The molecular weight excluding hydrogens is 795 g/mol. The highest BCUT2D eigenvalue weighted by Crippen LogP contribution is 2.63. The molecule has 11 aromatic rings. The molecule has 1 unspecified atom stereocenters. The third-order valence-electron chi connectivity index (χ3n) is 13.9. The van der Waals surface area contributed by atoms with Gasteiger partial charge < -0.3 is 9.64 Å². The number of para-hydroxylation sites is 2. The Morgan fingerprint density at radius 1 is 0.297 bits per heavy atom. The molecule has 298 valence electrons. The molecule has 2 aliphatic carbocycles. The predicted octanol–water partition coefficient (Wildman–Crippen LogP) is 17.0. The van der Waals surface area contributed by atoms with Gasteiger partial charge in [-0.3, -0.25) is 0 Å². The van der Waals surface area contributed by atoms with Gasteiger partial charge >= 0.3 is 0 Å². The second kappa shape index (κ2) is 13.5. The highest BCUT2D eigenvalue weighted by Gasteiger charge is 2.50. The average molecular weight is 832 g/mol. The maximum atomic E-state index is 6.73. The lowest BCUT2D eigenvalue weighted by molar-refractivity contribution is 0.488. The minimum Gasteiger partial charge on any atom is -0.456 e. The number of ether oxygens (including phenoxy) is 1. The minimum absolute atomic E-state index is 0.586. The third kappa shape index (κ3) is 4.90. The number of anilines is 3. The first-order chi connectivity index (χ1) is 31.7. The average Bonchev–Trinajstić information content (AvgIpc) is 3.78. The molecule has 0 amide bonds. The SMILES string of the molecule is c1ccc(N(c2ccc3c(c2)-c2ccccc2-c2ccccc2O3)c2ccc3c(c2)-c2ccccc2-c2ccccc2C32c3ccccc3-c3cc4c(cc32)sc2ccccc24)cc1. The molecule has 0 saturated heterocycles. The van der Waals surface area contributed by atoms with E-state index in [2.05, 4.69) is 223 Å². The molecule has 0 radical (unpaired) electrons. The van der Waals surface area contributed by atoms with E-state index < -0.39 is 5.41 Å². The standard InChI is InChI=1S/C61H37NOS/c1-2-16-38(17-3-1)62(40-31-33-58-51(35-40)44-21-7-5-19-42(44)47-24-10-14-28-57(47)63-58)39-30-32-55-49(34-39)43-20-6-4-18-41(43)45-22-8-12-26-53(45)61(55)54-27-13-9-23-46(54)50-36-52-48-25-11-15-29-59(48)64-60(52)37-56(50)61/h1-37H. The summed E-state index contributed by atoms with van der Waals surface area (Å²) >= 11 is 1.90. The van der Waals surface area contributed by atoms with E-state index in [0.29, 0.717) is 0 Å². The van der Waals surface area contributed by atoms with Crippen LogP contribution in [0.5, 0.6) is 11.5 Å². The molecule has 0 saturated carbocycles. The summed E-state index contributed by atoms with van der Waals surface area (Å²) in [5.74, 6) is 1.71. The quantitative estimate of drug-likeness (QED) is 0.176. The van der Waals surface area contributed by atoms with Crippen LogP contribution in [0.2, 0.25) is 0 Å². The fourth-order valence-electron chi connectivity index (χ4n) is 11.3. The van der Waals surface area contributed by atoms with Gasteiger partial charge in [-0.1, -0.05) is 158 Å². The van der Waals surface area contributed by atoms with Crippen molar-refractivity contribution in [2.24, 2.45) is 0 Å². The molecule has 3 aliphatic rings. The number of fused-ring (bicyclic) bond motifs is 20. The topological polar surface area (TPSA) is 12.5 Å². The van der Waals surface area contributed by atoms with Crippen molar-refractivity contribution in [1.82, 2.24) is 0 Å². The van der Waals surface area contributed by atoms with E-state index in [-0.39, 0.29) is 0 Å². The Balaban J connectivity index is 1.05. The molecule has 1 spiro atoms. The molecule has 2 nitrogen and oxygen atoms in total. The predicted molar refractivity (Wildman–Crippen MR) is 267 cm³/mol. The van der Waals surface area contributed by atoms with Crippen LogP contribution in [0.15, 0.2) is 224 Å². The van der Waals surface area contributed by atoms with Gasteiger partial charge in [0, 0.05) is 48.4 Å². The van der Waals surface area contributed by atoms with Gasteiger partial charge in [0.05, 0.1) is 5.41 Å². The zero-order valence-corrected chi connectivity index (χ0v) is 35.4. The van der Waals surface area contributed by atoms with Gasteiger partial charge in [-0.15, -0.1) is 11.3 Å². The number of benzene rings is 10. The van der Waals surface area contributed by atoms with E-state index in [4.69, 9.17) is 4.74 Å². The summed E-state index contributed by atoms with van der Waals surface area (Å²) in [4.78, 5) is 2.41. The number of hydrogen-bond acceptors (Lipinski definition) is 3. The maximum Gasteiger partial charge on any atom is 0.135 e. The van der Waals surface area contributed by atoms with Crippen LogP contribution < -0.4 is 9.64 Å². The van der Waals surface area contributed by atoms with Crippen LogP contribution in [0.1, 0.15) is 22.3 Å². The van der Waals surface area contributed by atoms with Crippen molar-refractivity contribution < 1.29 is 4.74 Å². The molecule has 0 N–H and O–H groups in total. The summed E-state index contributed by atoms with van der Waals surface area (Å²) in [5.41, 5.74) is 19.9. The van der Waals surface area contributed by atoms with Crippen molar-refractivity contribution in [3.05, 3.63) is 247 Å². The Morgan fingerprint density at radius 2 is 0.797 bits per heavy atom. The Labute approximate surface area is 375 Å². The lowest BCUT2D eigenvalue weighted by Gasteiger charge is -2.36. The first-order valence-electron chi connectivity index (χ1n) is 22.0. The lowest BCUT2D eigenvalue weighted by atomic mass is 9.66. The molecule has 14 rings (SSSR count). The number of hydrogen-bond donors (Lipinski definition) is 0. The maximum absolute atomic E-state index is 6.73. The summed E-state index contributed by atoms with van der Waals surface area (Å²) in [7, 11) is 0. The van der Waals surface area contributed by atoms with Crippen molar-refractivity contribution in [1.29, 1.82) is 0 Å². The van der Waals surface area contributed by atoms with Crippen LogP contribution >= 0.6 is 11.3 Å². The summed E-state index contributed by atoms with van der Waals surface area (Å²) in [6.07, 6.45) is 0. The molecule has 64 heavy (non-hydrogen) atoms. The van der Waals surface area contributed by atoms with Crippen LogP contribution in [-0.2, 0) is 5.41 Å². The Kier molecular flexibility index (Phi) is 7.51. The second-order valence-electron chi connectivity index (χ2n) is 17.1. The van der Waals surface area contributed by atoms with Crippen molar-refractivity contribution in [3.8, 4) is 67.1 Å². The van der Waals surface area contributed by atoms with E-state index in [9.17, 15) is 0 Å². The molecule has 3 heteroatoms. The van der Waals surface area contributed by atoms with Crippen LogP contribution in [0.4, 0.5) is 17.1 Å². The fraction of sp³-hybridized carbons (Fsp3) is 0.0164. The Morgan fingerprint density at radius 3 is 1.55 bits per heavy atom. The molecule has 2 heterocycles. The van der Waals surface area contributed by atoms with Gasteiger partial charge in [-0.25, -0.2) is 0 Å². The first-order valence-corrected chi connectivity index (χ1v) is 22.8. The van der Waals surface area contributed by atoms with Crippen molar-refractivity contribution in [3.63, 3.8) is 0 Å². The van der Waals surface area contributed by atoms with E-state index in [0.717, 1.165) is 50.8 Å². The minimum atomic E-state index is -0.586. The van der Waals surface area contributed by atoms with Crippen LogP contribution in [0.3, 0.4) is 0 Å². The van der Waals surface area contributed by atoms with E-state index >= 15 is 0 Å². The molecule has 0 bridgehead atoms. The summed E-state index contributed by atoms with van der Waals surface area (Å²) in [6.45, 7) is 0. The second-order valence-corrected chi connectivity index (χ2v) is 18.2. The first kappa shape index (κ1) is 35.6. The van der Waals surface area contributed by atoms with Gasteiger partial charge in [0.15, 0.2) is 0 Å². The fourth-order valence-corrected chi connectivity index (χ4v) is 12.4. The van der Waals surface area contributed by atoms with Gasteiger partial charge in [-0.05, 0) is 133 Å². The molecular formula is C61H37NOS. The van der Waals surface area contributed by atoms with E-state index in [1.165, 1.54) is 75.8 Å². The van der Waals surface area contributed by atoms with Gasteiger partial charge in [0.1, 0.15) is 11.5 Å². The smallest absolute Gasteiger partial charge is 0.135 e. The zero-order valence-electron chi connectivity index (χ0n) is 34.6. The van der Waals surface area contributed by atoms with Gasteiger partial charge in [0.25, 0.3) is 0 Å². The summed E-state index contributed by atoms with van der Waals surface area (Å²) in [5, 5.41) is 2.64. The monoisotopic (exact) mass is 831 g/mol. The van der Waals surface area contributed by atoms with Crippen LogP contribution in [-0.4, -0.2) is 0 Å². The molecule has 1 aliphatic heterocycles. The number of nitrogens with zero attached hydrogens (tertiary/aromatic N) is 1. The number of rotatable bonds is 3. The normalized spacial score (nSPS) is 14.8. The lowest BCUT2D eigenvalue weighted by Crippen LogP contribution is -2.29. The van der Waals surface area contributed by atoms with Crippen molar-refractivity contribution >= 4 is 48.6 Å². The summed E-state index contributed by atoms with van der Waals surface area (Å²) < 4.78 is 9.36. The highest BCUT2D eigenvalue weighted by molar-refractivity contribution is 7.25.